The molecule has 0 saturated heterocycles. The third-order valence-corrected chi connectivity index (χ3v) is 4.88. The molecule has 8 heteroatoms. The van der Waals surface area contributed by atoms with E-state index in [1.54, 1.807) is 38.5 Å². The number of rotatable bonds is 8. The second kappa shape index (κ2) is 10.4. The molecule has 2 aromatic rings. The monoisotopic (exact) mass is 429 g/mol. The van der Waals surface area contributed by atoms with Gasteiger partial charge in [-0.3, -0.25) is 4.79 Å². The summed E-state index contributed by atoms with van der Waals surface area (Å²) in [5.41, 5.74) is 2.14. The Morgan fingerprint density at radius 1 is 1.10 bits per heavy atom. The number of carbonyl (C=O) groups excluding carboxylic acids is 1. The smallest absolute Gasteiger partial charge is 0.263 e. The lowest BCUT2D eigenvalue weighted by Crippen LogP contribution is -2.28. The first-order valence-electron chi connectivity index (χ1n) is 9.08. The van der Waals surface area contributed by atoms with Gasteiger partial charge in [-0.1, -0.05) is 17.7 Å². The average molecular weight is 430 g/mol. The summed E-state index contributed by atoms with van der Waals surface area (Å²) in [5.74, 6) is 1.13. The lowest BCUT2D eigenvalue weighted by Gasteiger charge is -2.16. The van der Waals surface area contributed by atoms with E-state index in [-0.39, 0.29) is 11.6 Å². The number of aryl methyl sites for hydroxylation is 1. The van der Waals surface area contributed by atoms with Crippen LogP contribution in [0.1, 0.15) is 24.1 Å². The van der Waals surface area contributed by atoms with E-state index in [9.17, 15) is 10.1 Å². The van der Waals surface area contributed by atoms with E-state index in [0.29, 0.717) is 28.0 Å². The van der Waals surface area contributed by atoms with Crippen LogP contribution in [-0.4, -0.2) is 27.2 Å². The third kappa shape index (κ3) is 5.37. The molecule has 1 atom stereocenters. The van der Waals surface area contributed by atoms with E-state index in [2.05, 4.69) is 10.6 Å². The van der Waals surface area contributed by atoms with Crippen LogP contribution in [0.4, 0.5) is 5.69 Å². The summed E-state index contributed by atoms with van der Waals surface area (Å²) in [4.78, 5) is 12.6. The summed E-state index contributed by atoms with van der Waals surface area (Å²) in [6.45, 7) is 3.66. The minimum Gasteiger partial charge on any atom is -0.495 e. The van der Waals surface area contributed by atoms with Crippen LogP contribution in [0.15, 0.2) is 42.1 Å². The highest BCUT2D eigenvalue weighted by Crippen LogP contribution is 2.31. The van der Waals surface area contributed by atoms with Gasteiger partial charge in [-0.25, -0.2) is 0 Å². The van der Waals surface area contributed by atoms with Crippen molar-refractivity contribution in [1.82, 2.24) is 5.32 Å². The van der Waals surface area contributed by atoms with Gasteiger partial charge in [0.25, 0.3) is 5.91 Å². The van der Waals surface area contributed by atoms with Crippen molar-refractivity contribution in [1.29, 1.82) is 5.26 Å². The first kappa shape index (κ1) is 22.9. The number of anilines is 1. The van der Waals surface area contributed by atoms with Crippen LogP contribution in [-0.2, 0) is 4.79 Å². The quantitative estimate of drug-likeness (QED) is 0.478. The molecule has 7 nitrogen and oxygen atoms in total. The van der Waals surface area contributed by atoms with E-state index in [1.807, 2.05) is 26.0 Å². The van der Waals surface area contributed by atoms with Crippen LogP contribution in [0.25, 0.3) is 0 Å². The molecule has 0 spiro atoms. The van der Waals surface area contributed by atoms with Crippen molar-refractivity contribution < 1.29 is 19.0 Å². The Bertz CT molecular complexity index is 999. The van der Waals surface area contributed by atoms with Crippen molar-refractivity contribution in [3.8, 4) is 23.3 Å². The molecule has 0 aromatic heterocycles. The van der Waals surface area contributed by atoms with Crippen molar-refractivity contribution >= 4 is 23.2 Å². The van der Waals surface area contributed by atoms with Gasteiger partial charge in [-0.05, 0) is 43.2 Å². The largest absolute Gasteiger partial charge is 0.495 e. The maximum Gasteiger partial charge on any atom is 0.263 e. The number of amides is 1. The van der Waals surface area contributed by atoms with Gasteiger partial charge in [-0.2, -0.15) is 5.26 Å². The molecule has 0 aliphatic carbocycles. The average Bonchev–Trinajstić information content (AvgIpc) is 2.75. The van der Waals surface area contributed by atoms with Crippen molar-refractivity contribution in [2.45, 2.75) is 19.9 Å². The second-order valence-corrected chi connectivity index (χ2v) is 6.83. The lowest BCUT2D eigenvalue weighted by molar-refractivity contribution is -0.117. The van der Waals surface area contributed by atoms with Gasteiger partial charge in [0.2, 0.25) is 0 Å². The number of carbonyl (C=O) groups is 1. The minimum absolute atomic E-state index is 0.0861. The minimum atomic E-state index is -0.517. The van der Waals surface area contributed by atoms with E-state index in [4.69, 9.17) is 25.8 Å². The number of nitrogens with zero attached hydrogens (tertiary/aromatic N) is 1. The van der Waals surface area contributed by atoms with Crippen LogP contribution < -0.4 is 24.8 Å². The zero-order chi connectivity index (χ0) is 22.3. The SMILES string of the molecule is COc1cc(Cl)c(C)cc1N/C=C(/C#N)C(=O)NC(C)c1ccc(OC)c(OC)c1. The number of nitrogens with one attached hydrogen (secondary N) is 2. The number of nitriles is 1. The second-order valence-electron chi connectivity index (χ2n) is 6.43. The summed E-state index contributed by atoms with van der Waals surface area (Å²) in [7, 11) is 4.61. The molecule has 2 aromatic carbocycles. The molecule has 30 heavy (non-hydrogen) atoms. The fourth-order valence-electron chi connectivity index (χ4n) is 2.72. The first-order chi connectivity index (χ1) is 14.3. The Hall–Kier alpha value is -3.37. The molecular formula is C22H24ClN3O4. The lowest BCUT2D eigenvalue weighted by atomic mass is 10.1. The van der Waals surface area contributed by atoms with Crippen LogP contribution in [0, 0.1) is 18.3 Å². The van der Waals surface area contributed by atoms with Gasteiger partial charge in [0.1, 0.15) is 17.4 Å². The third-order valence-electron chi connectivity index (χ3n) is 4.47. The molecule has 0 heterocycles. The fourth-order valence-corrected chi connectivity index (χ4v) is 2.88. The van der Waals surface area contributed by atoms with Crippen LogP contribution in [0.3, 0.4) is 0 Å². The van der Waals surface area contributed by atoms with Crippen LogP contribution in [0.2, 0.25) is 5.02 Å². The van der Waals surface area contributed by atoms with Crippen LogP contribution >= 0.6 is 11.6 Å². The Morgan fingerprint density at radius 2 is 1.77 bits per heavy atom. The highest BCUT2D eigenvalue weighted by molar-refractivity contribution is 6.31. The Labute approximate surface area is 181 Å². The fraction of sp³-hybridized carbons (Fsp3) is 0.273. The molecule has 0 aliphatic rings. The molecule has 1 amide bonds. The summed E-state index contributed by atoms with van der Waals surface area (Å²) in [6, 6.07) is 10.3. The van der Waals surface area contributed by atoms with Gasteiger partial charge < -0.3 is 24.8 Å². The zero-order valence-electron chi connectivity index (χ0n) is 17.5. The molecular weight excluding hydrogens is 406 g/mol. The number of benzene rings is 2. The Morgan fingerprint density at radius 3 is 2.37 bits per heavy atom. The molecule has 2 rings (SSSR count). The number of hydrogen-bond acceptors (Lipinski definition) is 6. The number of halogens is 1. The van der Waals surface area contributed by atoms with Gasteiger partial charge in [-0.15, -0.1) is 0 Å². The summed E-state index contributed by atoms with van der Waals surface area (Å²) in [5, 5.41) is 15.7. The normalized spacial score (nSPS) is 11.8. The van der Waals surface area contributed by atoms with Gasteiger partial charge >= 0.3 is 0 Å². The first-order valence-corrected chi connectivity index (χ1v) is 9.46. The van der Waals surface area contributed by atoms with E-state index < -0.39 is 5.91 Å². The van der Waals surface area contributed by atoms with E-state index in [1.165, 1.54) is 13.3 Å². The summed E-state index contributed by atoms with van der Waals surface area (Å²) < 4.78 is 15.8. The topological polar surface area (TPSA) is 92.6 Å². The van der Waals surface area contributed by atoms with Gasteiger partial charge in [0.15, 0.2) is 11.5 Å². The van der Waals surface area contributed by atoms with Crippen molar-refractivity contribution in [2.24, 2.45) is 0 Å². The van der Waals surface area contributed by atoms with Crippen LogP contribution in [0.5, 0.6) is 17.2 Å². The van der Waals surface area contributed by atoms with E-state index in [0.717, 1.165) is 11.1 Å². The van der Waals surface area contributed by atoms with Gasteiger partial charge in [0.05, 0.1) is 33.1 Å². The van der Waals surface area contributed by atoms with Gasteiger partial charge in [0, 0.05) is 17.3 Å². The predicted molar refractivity (Wildman–Crippen MR) is 116 cm³/mol. The standard InChI is InChI=1S/C22H24ClN3O4/c1-13-8-18(20(29-4)10-17(13)23)25-12-16(11-24)22(27)26-14(2)15-6-7-19(28-3)21(9-15)30-5/h6-10,12,14,25H,1-5H3,(H,26,27)/b16-12-. The number of hydrogen-bond donors (Lipinski definition) is 2. The van der Waals surface area contributed by atoms with Crippen molar-refractivity contribution in [3.63, 3.8) is 0 Å². The number of methoxy groups -OCH3 is 3. The molecule has 0 radical (unpaired) electrons. The molecule has 2 N–H and O–H groups in total. The Balaban J connectivity index is 2.17. The molecule has 1 unspecified atom stereocenters. The van der Waals surface area contributed by atoms with Crippen molar-refractivity contribution in [3.05, 3.63) is 58.3 Å². The zero-order valence-corrected chi connectivity index (χ0v) is 18.3. The molecule has 0 aliphatic heterocycles. The maximum atomic E-state index is 12.6. The Kier molecular flexibility index (Phi) is 7.96. The molecule has 0 fully saturated rings. The highest BCUT2D eigenvalue weighted by Gasteiger charge is 2.16. The maximum absolute atomic E-state index is 12.6. The molecule has 0 bridgehead atoms. The predicted octanol–water partition coefficient (Wildman–Crippen LogP) is 4.37. The summed E-state index contributed by atoms with van der Waals surface area (Å²) >= 11 is 6.10. The molecule has 158 valence electrons. The molecule has 0 saturated carbocycles. The van der Waals surface area contributed by atoms with Crippen molar-refractivity contribution in [2.75, 3.05) is 26.6 Å². The van der Waals surface area contributed by atoms with E-state index >= 15 is 0 Å². The number of ether oxygens (including phenoxy) is 3. The summed E-state index contributed by atoms with van der Waals surface area (Å²) in [6.07, 6.45) is 1.34. The highest BCUT2D eigenvalue weighted by atomic mass is 35.5.